The number of nitrogens with zero attached hydrogens (tertiary/aromatic N) is 5. The Bertz CT molecular complexity index is 814. The zero-order valence-corrected chi connectivity index (χ0v) is 13.5. The monoisotopic (exact) mass is 351 g/mol. The van der Waals surface area contributed by atoms with Crippen molar-refractivity contribution in [3.63, 3.8) is 0 Å². The van der Waals surface area contributed by atoms with Crippen molar-refractivity contribution in [1.29, 1.82) is 0 Å². The summed E-state index contributed by atoms with van der Waals surface area (Å²) in [4.78, 5) is 15.4. The van der Waals surface area contributed by atoms with E-state index >= 15 is 0 Å². The molecule has 3 rings (SSSR count). The Labute approximate surface area is 129 Å². The van der Waals surface area contributed by atoms with Crippen LogP contribution >= 0.6 is 15.9 Å². The first kappa shape index (κ1) is 14.0. The van der Waals surface area contributed by atoms with E-state index in [1.807, 2.05) is 0 Å². The Kier molecular flexibility index (Phi) is 3.40. The van der Waals surface area contributed by atoms with Gasteiger partial charge in [0.1, 0.15) is 17.1 Å². The molecule has 0 aliphatic rings. The molecule has 3 aromatic heterocycles. The van der Waals surface area contributed by atoms with Crippen molar-refractivity contribution in [1.82, 2.24) is 24.4 Å². The molecule has 7 nitrogen and oxygen atoms in total. The van der Waals surface area contributed by atoms with Gasteiger partial charge < -0.3 is 4.42 Å². The molecule has 8 heteroatoms. The third-order valence-electron chi connectivity index (χ3n) is 3.03. The molecule has 0 amide bonds. The normalized spacial score (nSPS) is 11.7. The van der Waals surface area contributed by atoms with Gasteiger partial charge in [0.25, 0.3) is 0 Å². The summed E-state index contributed by atoms with van der Waals surface area (Å²) in [5, 5.41) is 8.72. The highest BCUT2D eigenvalue weighted by Crippen LogP contribution is 2.28. The van der Waals surface area contributed by atoms with Gasteiger partial charge in [0.05, 0.1) is 5.56 Å². The van der Waals surface area contributed by atoms with Crippen LogP contribution < -0.4 is 0 Å². The summed E-state index contributed by atoms with van der Waals surface area (Å²) >= 11 is 3.21. The third kappa shape index (κ3) is 2.39. The molecule has 0 saturated carbocycles. The molecule has 110 valence electrons. The number of oxazole rings is 1. The van der Waals surface area contributed by atoms with E-state index in [9.17, 15) is 4.79 Å². The highest BCUT2D eigenvalue weighted by molar-refractivity contribution is 9.10. The zero-order valence-electron chi connectivity index (χ0n) is 11.9. The molecule has 0 atom stereocenters. The van der Waals surface area contributed by atoms with Crippen LogP contribution in [0.15, 0.2) is 15.3 Å². The number of carbonyl (C=O) groups excluding carboxylic acids is 1. The molecule has 0 aliphatic heterocycles. The number of rotatable bonds is 4. The Morgan fingerprint density at radius 1 is 1.43 bits per heavy atom. The summed E-state index contributed by atoms with van der Waals surface area (Å²) < 4.78 is 9.31. The number of fused-ring (bicyclic) bond motifs is 1. The smallest absolute Gasteiger partial charge is 0.326 e. The number of hydrogen-bond acceptors (Lipinski definition) is 5. The number of aryl methyl sites for hydroxylation is 1. The fourth-order valence-corrected chi connectivity index (χ4v) is 2.57. The molecule has 3 heterocycles. The molecule has 21 heavy (non-hydrogen) atoms. The summed E-state index contributed by atoms with van der Waals surface area (Å²) in [6, 6.07) is 0. The fourth-order valence-electron chi connectivity index (χ4n) is 2.26. The molecule has 0 spiro atoms. The lowest BCUT2D eigenvalue weighted by Gasteiger charge is -2.03. The quantitative estimate of drug-likeness (QED) is 0.675. The van der Waals surface area contributed by atoms with Crippen molar-refractivity contribution in [3.05, 3.63) is 22.3 Å². The maximum Gasteiger partial charge on any atom is 0.326 e. The van der Waals surface area contributed by atoms with E-state index in [0.29, 0.717) is 39.2 Å². The van der Waals surface area contributed by atoms with Crippen molar-refractivity contribution in [2.45, 2.75) is 27.3 Å². The van der Waals surface area contributed by atoms with Crippen LogP contribution in [-0.2, 0) is 6.54 Å². The highest BCUT2D eigenvalue weighted by atomic mass is 79.9. The van der Waals surface area contributed by atoms with E-state index in [4.69, 9.17) is 4.42 Å². The predicted octanol–water partition coefficient (Wildman–Crippen LogP) is 2.73. The van der Waals surface area contributed by atoms with Crippen LogP contribution in [-0.4, -0.2) is 30.7 Å². The summed E-state index contributed by atoms with van der Waals surface area (Å²) in [6.45, 7) is 6.73. The molecule has 0 saturated heterocycles. The first-order valence-corrected chi connectivity index (χ1v) is 7.33. The van der Waals surface area contributed by atoms with Crippen molar-refractivity contribution >= 4 is 28.1 Å². The lowest BCUT2D eigenvalue weighted by atomic mass is 10.2. The van der Waals surface area contributed by atoms with Crippen LogP contribution in [0.3, 0.4) is 0 Å². The van der Waals surface area contributed by atoms with Gasteiger partial charge in [-0.3, -0.25) is 9.48 Å². The maximum atomic E-state index is 11.3. The zero-order chi connectivity index (χ0) is 15.1. The topological polar surface area (TPSA) is 78.2 Å². The van der Waals surface area contributed by atoms with Crippen LogP contribution in [0.1, 0.15) is 30.0 Å². The number of hydrogen-bond donors (Lipinski definition) is 0. The van der Waals surface area contributed by atoms with Gasteiger partial charge >= 0.3 is 5.84 Å². The minimum absolute atomic E-state index is 0.365. The lowest BCUT2D eigenvalue weighted by Crippen LogP contribution is -2.05. The van der Waals surface area contributed by atoms with Gasteiger partial charge in [-0.05, 0) is 28.8 Å². The van der Waals surface area contributed by atoms with E-state index in [1.165, 1.54) is 0 Å². The molecule has 0 aliphatic carbocycles. The van der Waals surface area contributed by atoms with E-state index in [0.717, 1.165) is 12.8 Å². The predicted molar refractivity (Wildman–Crippen MR) is 79.1 cm³/mol. The Morgan fingerprint density at radius 3 is 2.86 bits per heavy atom. The van der Waals surface area contributed by atoms with E-state index in [1.54, 1.807) is 22.3 Å². The van der Waals surface area contributed by atoms with Gasteiger partial charge in [-0.1, -0.05) is 13.8 Å². The van der Waals surface area contributed by atoms with E-state index in [-0.39, 0.29) is 0 Å². The Hall–Kier alpha value is -1.96. The second kappa shape index (κ2) is 5.10. The van der Waals surface area contributed by atoms with Gasteiger partial charge in [-0.2, -0.15) is 14.6 Å². The highest BCUT2D eigenvalue weighted by Gasteiger charge is 2.22. The first-order chi connectivity index (χ1) is 9.99. The molecule has 0 N–H and O–H groups in total. The van der Waals surface area contributed by atoms with Crippen molar-refractivity contribution in [2.75, 3.05) is 0 Å². The van der Waals surface area contributed by atoms with Crippen molar-refractivity contribution in [3.8, 4) is 11.4 Å². The van der Waals surface area contributed by atoms with Gasteiger partial charge in [-0.15, -0.1) is 5.10 Å². The SMILES string of the molecule is Cc1oc2nc(Br)nn2c1-c1nn(CC(C)C)cc1C=O. The third-order valence-corrected chi connectivity index (χ3v) is 3.37. The molecular weight excluding hydrogens is 338 g/mol. The van der Waals surface area contributed by atoms with Gasteiger partial charge in [0, 0.05) is 12.7 Å². The Balaban J connectivity index is 2.19. The molecule has 0 fully saturated rings. The van der Waals surface area contributed by atoms with E-state index < -0.39 is 0 Å². The van der Waals surface area contributed by atoms with Crippen LogP contribution in [0, 0.1) is 12.8 Å². The Morgan fingerprint density at radius 2 is 2.19 bits per heavy atom. The summed E-state index contributed by atoms with van der Waals surface area (Å²) in [5.41, 5.74) is 1.71. The molecule has 3 aromatic rings. The summed E-state index contributed by atoms with van der Waals surface area (Å²) in [6.07, 6.45) is 2.54. The maximum absolute atomic E-state index is 11.3. The van der Waals surface area contributed by atoms with Crippen LogP contribution in [0.4, 0.5) is 0 Å². The van der Waals surface area contributed by atoms with Gasteiger partial charge in [0.2, 0.25) is 4.73 Å². The molecule has 0 bridgehead atoms. The summed E-state index contributed by atoms with van der Waals surface area (Å²) in [7, 11) is 0. The summed E-state index contributed by atoms with van der Waals surface area (Å²) in [5.74, 6) is 1.42. The number of aldehydes is 1. The average Bonchev–Trinajstić information content (AvgIpc) is 3.00. The second-order valence-electron chi connectivity index (χ2n) is 5.25. The molecular formula is C13H14BrN5O2. The van der Waals surface area contributed by atoms with Crippen LogP contribution in [0.2, 0.25) is 0 Å². The number of carbonyl (C=O) groups is 1. The molecule has 0 radical (unpaired) electrons. The van der Waals surface area contributed by atoms with Crippen molar-refractivity contribution < 1.29 is 9.21 Å². The van der Waals surface area contributed by atoms with Gasteiger partial charge in [-0.25, -0.2) is 0 Å². The average molecular weight is 352 g/mol. The van der Waals surface area contributed by atoms with Gasteiger partial charge in [0.15, 0.2) is 6.29 Å². The second-order valence-corrected chi connectivity index (χ2v) is 5.96. The lowest BCUT2D eigenvalue weighted by molar-refractivity contribution is 0.112. The number of aromatic nitrogens is 5. The molecule has 0 aromatic carbocycles. The largest absolute Gasteiger partial charge is 0.427 e. The minimum atomic E-state index is 0.365. The van der Waals surface area contributed by atoms with Crippen LogP contribution in [0.25, 0.3) is 17.2 Å². The minimum Gasteiger partial charge on any atom is -0.427 e. The standard InChI is InChI=1S/C13H14BrN5O2/c1-7(2)4-18-5-9(6-20)10(16-18)11-8(3)21-13-15-12(14)17-19(11)13/h5-7H,4H2,1-3H3. The van der Waals surface area contributed by atoms with E-state index in [2.05, 4.69) is 45.0 Å². The van der Waals surface area contributed by atoms with Crippen LogP contribution in [0.5, 0.6) is 0 Å². The fraction of sp³-hybridized carbons (Fsp3) is 0.385. The molecule has 0 unspecified atom stereocenters. The number of halogens is 1. The first-order valence-electron chi connectivity index (χ1n) is 6.54. The van der Waals surface area contributed by atoms with Crippen molar-refractivity contribution in [2.24, 2.45) is 5.92 Å².